The monoisotopic (exact) mass is 172 g/mol. The second-order valence-electron chi connectivity index (χ2n) is 2.06. The van der Waals surface area contributed by atoms with Crippen LogP contribution in [0.1, 0.15) is 5.56 Å². The summed E-state index contributed by atoms with van der Waals surface area (Å²) in [6.07, 6.45) is 2.09. The molecule has 10 heavy (non-hydrogen) atoms. The standard InChI is InChI=1S/C8H9ClS/c1-10-6-7-2-4-8(9)5-3-7/h2-5H,6H2,1H3. The minimum absolute atomic E-state index is 0.810. The highest BCUT2D eigenvalue weighted by atomic mass is 35.5. The van der Waals surface area contributed by atoms with E-state index >= 15 is 0 Å². The van der Waals surface area contributed by atoms with E-state index in [1.54, 1.807) is 0 Å². The van der Waals surface area contributed by atoms with Crippen molar-refractivity contribution in [3.8, 4) is 0 Å². The smallest absolute Gasteiger partial charge is 0.0406 e. The molecule has 1 aromatic carbocycles. The zero-order valence-corrected chi connectivity index (χ0v) is 7.38. The van der Waals surface area contributed by atoms with Gasteiger partial charge < -0.3 is 0 Å². The molecule has 0 saturated heterocycles. The molecule has 2 heteroatoms. The molecule has 0 spiro atoms. The summed E-state index contributed by atoms with van der Waals surface area (Å²) in [4.78, 5) is 0. The van der Waals surface area contributed by atoms with Crippen molar-refractivity contribution in [3.63, 3.8) is 0 Å². The van der Waals surface area contributed by atoms with Gasteiger partial charge in [0, 0.05) is 10.8 Å². The van der Waals surface area contributed by atoms with E-state index in [2.05, 4.69) is 18.4 Å². The summed E-state index contributed by atoms with van der Waals surface area (Å²) in [5.41, 5.74) is 1.33. The molecule has 0 aliphatic rings. The second-order valence-corrected chi connectivity index (χ2v) is 3.36. The number of thioether (sulfide) groups is 1. The van der Waals surface area contributed by atoms with E-state index in [0.717, 1.165) is 10.8 Å². The zero-order valence-electron chi connectivity index (χ0n) is 5.80. The highest BCUT2D eigenvalue weighted by molar-refractivity contribution is 7.97. The van der Waals surface area contributed by atoms with Gasteiger partial charge in [-0.3, -0.25) is 0 Å². The molecule has 0 amide bonds. The average molecular weight is 173 g/mol. The number of hydrogen-bond acceptors (Lipinski definition) is 1. The van der Waals surface area contributed by atoms with E-state index in [-0.39, 0.29) is 0 Å². The molecule has 0 aliphatic heterocycles. The Hall–Kier alpha value is -0.140. The van der Waals surface area contributed by atoms with Crippen LogP contribution in [-0.4, -0.2) is 6.26 Å². The summed E-state index contributed by atoms with van der Waals surface area (Å²) < 4.78 is 0. The van der Waals surface area contributed by atoms with Crippen LogP contribution in [0.25, 0.3) is 0 Å². The van der Waals surface area contributed by atoms with Crippen molar-refractivity contribution in [2.75, 3.05) is 6.26 Å². The average Bonchev–Trinajstić information content (AvgIpc) is 1.95. The highest BCUT2D eigenvalue weighted by Crippen LogP contribution is 2.13. The van der Waals surface area contributed by atoms with Gasteiger partial charge >= 0.3 is 0 Å². The fourth-order valence-electron chi connectivity index (χ4n) is 0.747. The van der Waals surface area contributed by atoms with E-state index in [1.165, 1.54) is 5.56 Å². The summed E-state index contributed by atoms with van der Waals surface area (Å²) in [5, 5.41) is 0.810. The van der Waals surface area contributed by atoms with Crippen molar-refractivity contribution >= 4 is 23.4 Å². The van der Waals surface area contributed by atoms with Crippen molar-refractivity contribution in [2.45, 2.75) is 5.75 Å². The van der Waals surface area contributed by atoms with Gasteiger partial charge in [0.1, 0.15) is 0 Å². The molecular formula is C8H9ClS. The van der Waals surface area contributed by atoms with Gasteiger partial charge in [-0.15, -0.1) is 0 Å². The Labute approximate surface area is 70.6 Å². The Morgan fingerprint density at radius 2 is 1.90 bits per heavy atom. The topological polar surface area (TPSA) is 0 Å². The van der Waals surface area contributed by atoms with Crippen LogP contribution in [0.15, 0.2) is 24.3 Å². The van der Waals surface area contributed by atoms with E-state index in [0.29, 0.717) is 0 Å². The number of halogens is 1. The zero-order chi connectivity index (χ0) is 7.40. The highest BCUT2D eigenvalue weighted by Gasteiger charge is 1.89. The van der Waals surface area contributed by atoms with E-state index in [4.69, 9.17) is 11.6 Å². The summed E-state index contributed by atoms with van der Waals surface area (Å²) in [6, 6.07) is 7.96. The molecule has 54 valence electrons. The minimum atomic E-state index is 0.810. The molecule has 0 N–H and O–H groups in total. The summed E-state index contributed by atoms with van der Waals surface area (Å²) in [6.45, 7) is 0. The summed E-state index contributed by atoms with van der Waals surface area (Å²) >= 11 is 7.52. The maximum atomic E-state index is 5.71. The molecule has 0 fully saturated rings. The normalized spacial score (nSPS) is 9.80. The van der Waals surface area contributed by atoms with Crippen LogP contribution >= 0.6 is 23.4 Å². The maximum Gasteiger partial charge on any atom is 0.0406 e. The van der Waals surface area contributed by atoms with Crippen LogP contribution in [0, 0.1) is 0 Å². The number of benzene rings is 1. The lowest BCUT2D eigenvalue weighted by atomic mass is 10.2. The van der Waals surface area contributed by atoms with Crippen LogP contribution < -0.4 is 0 Å². The molecule has 0 saturated carbocycles. The molecule has 0 atom stereocenters. The first-order valence-corrected chi connectivity index (χ1v) is 4.83. The summed E-state index contributed by atoms with van der Waals surface area (Å²) in [5.74, 6) is 1.07. The molecule has 0 nitrogen and oxygen atoms in total. The van der Waals surface area contributed by atoms with Crippen molar-refractivity contribution in [1.29, 1.82) is 0 Å². The number of rotatable bonds is 2. The lowest BCUT2D eigenvalue weighted by Gasteiger charge is -1.96. The predicted molar refractivity (Wildman–Crippen MR) is 48.7 cm³/mol. The van der Waals surface area contributed by atoms with E-state index in [1.807, 2.05) is 23.9 Å². The first-order valence-electron chi connectivity index (χ1n) is 3.06. The first-order chi connectivity index (χ1) is 4.83. The lowest BCUT2D eigenvalue weighted by Crippen LogP contribution is -1.76. The van der Waals surface area contributed by atoms with Gasteiger partial charge in [-0.1, -0.05) is 23.7 Å². The van der Waals surface area contributed by atoms with Gasteiger partial charge in [0.15, 0.2) is 0 Å². The summed E-state index contributed by atoms with van der Waals surface area (Å²) in [7, 11) is 0. The molecule has 1 aromatic rings. The molecular weight excluding hydrogens is 164 g/mol. The van der Waals surface area contributed by atoms with Gasteiger partial charge in [-0.25, -0.2) is 0 Å². The van der Waals surface area contributed by atoms with Gasteiger partial charge in [0.2, 0.25) is 0 Å². The third kappa shape index (κ3) is 2.24. The van der Waals surface area contributed by atoms with E-state index < -0.39 is 0 Å². The van der Waals surface area contributed by atoms with Crippen molar-refractivity contribution in [1.82, 2.24) is 0 Å². The molecule has 0 radical (unpaired) electrons. The Bertz CT molecular complexity index is 193. The SMILES string of the molecule is CSCc1ccc(Cl)cc1. The van der Waals surface area contributed by atoms with Gasteiger partial charge in [-0.05, 0) is 24.0 Å². The fraction of sp³-hybridized carbons (Fsp3) is 0.250. The van der Waals surface area contributed by atoms with Crippen LogP contribution in [-0.2, 0) is 5.75 Å². The lowest BCUT2D eigenvalue weighted by molar-refractivity contribution is 1.42. The molecule has 0 aromatic heterocycles. The molecule has 0 bridgehead atoms. The Kier molecular flexibility index (Phi) is 3.10. The predicted octanol–water partition coefficient (Wildman–Crippen LogP) is 3.20. The Morgan fingerprint density at radius 1 is 1.30 bits per heavy atom. The fourth-order valence-corrected chi connectivity index (χ4v) is 1.40. The Balaban J connectivity index is 2.69. The maximum absolute atomic E-state index is 5.71. The van der Waals surface area contributed by atoms with Crippen molar-refractivity contribution < 1.29 is 0 Å². The quantitative estimate of drug-likeness (QED) is 0.660. The van der Waals surface area contributed by atoms with Gasteiger partial charge in [0.25, 0.3) is 0 Å². The van der Waals surface area contributed by atoms with Crippen molar-refractivity contribution in [3.05, 3.63) is 34.9 Å². The second kappa shape index (κ2) is 3.89. The van der Waals surface area contributed by atoms with Gasteiger partial charge in [-0.2, -0.15) is 11.8 Å². The third-order valence-corrected chi connectivity index (χ3v) is 2.10. The van der Waals surface area contributed by atoms with Crippen LogP contribution in [0.5, 0.6) is 0 Å². The molecule has 0 aliphatic carbocycles. The van der Waals surface area contributed by atoms with Crippen LogP contribution in [0.4, 0.5) is 0 Å². The molecule has 1 rings (SSSR count). The van der Waals surface area contributed by atoms with Crippen LogP contribution in [0.3, 0.4) is 0 Å². The van der Waals surface area contributed by atoms with Gasteiger partial charge in [0.05, 0.1) is 0 Å². The molecule has 0 unspecified atom stereocenters. The van der Waals surface area contributed by atoms with Crippen LogP contribution in [0.2, 0.25) is 5.02 Å². The Morgan fingerprint density at radius 3 is 2.40 bits per heavy atom. The first kappa shape index (κ1) is 7.96. The third-order valence-electron chi connectivity index (χ3n) is 1.22. The number of hydrogen-bond donors (Lipinski definition) is 0. The minimum Gasteiger partial charge on any atom is -0.161 e. The largest absolute Gasteiger partial charge is 0.161 e. The van der Waals surface area contributed by atoms with Crippen molar-refractivity contribution in [2.24, 2.45) is 0 Å². The van der Waals surface area contributed by atoms with E-state index in [9.17, 15) is 0 Å². The molecule has 0 heterocycles.